The van der Waals surface area contributed by atoms with Crippen LogP contribution in [-0.4, -0.2) is 81.1 Å². The number of halogens is 2. The first-order chi connectivity index (χ1) is 27.2. The Bertz CT molecular complexity index is 1830. The molecule has 12 atom stereocenters. The maximum Gasteiger partial charge on any atom is 0.375 e. The molecular formula is C50H80Cl2N4O4+2. The summed E-state index contributed by atoms with van der Waals surface area (Å²) >= 11 is 0. The van der Waals surface area contributed by atoms with Gasteiger partial charge in [-0.2, -0.15) is 4.57 Å². The fourth-order valence-corrected chi connectivity index (χ4v) is 14.8. The number of anilines is 1. The van der Waals surface area contributed by atoms with E-state index in [1.165, 1.54) is 43.4 Å². The topological polar surface area (TPSA) is 66.0 Å². The number of ether oxygens (including phenoxy) is 2. The summed E-state index contributed by atoms with van der Waals surface area (Å²) in [6.07, 6.45) is 20.6. The Morgan fingerprint density at radius 2 is 1.50 bits per heavy atom. The summed E-state index contributed by atoms with van der Waals surface area (Å²) in [5, 5.41) is 0. The molecule has 0 bridgehead atoms. The zero-order valence-electron chi connectivity index (χ0n) is 39.2. The van der Waals surface area contributed by atoms with Crippen LogP contribution >= 0.6 is 24.8 Å². The van der Waals surface area contributed by atoms with Crippen LogP contribution in [0.1, 0.15) is 132 Å². The lowest BCUT2D eigenvalue weighted by molar-refractivity contribution is -0.707. The van der Waals surface area contributed by atoms with Gasteiger partial charge >= 0.3 is 11.9 Å². The predicted molar refractivity (Wildman–Crippen MR) is 247 cm³/mol. The number of fused-ring (bicyclic) bond motifs is 7. The first-order valence-corrected chi connectivity index (χ1v) is 22.9. The summed E-state index contributed by atoms with van der Waals surface area (Å²) in [4.78, 5) is 31.7. The molecule has 5 aliphatic carbocycles. The van der Waals surface area contributed by atoms with Gasteiger partial charge in [0, 0.05) is 88.9 Å². The lowest BCUT2D eigenvalue weighted by Gasteiger charge is -2.73. The van der Waals surface area contributed by atoms with Crippen LogP contribution in [0, 0.1) is 56.7 Å². The number of nitrogens with zero attached hydrogens (tertiary/aromatic N) is 4. The van der Waals surface area contributed by atoms with Gasteiger partial charge in [0.05, 0.1) is 6.61 Å². The number of esters is 2. The number of carbonyl (C=O) groups excluding carboxylic acids is 2. The summed E-state index contributed by atoms with van der Waals surface area (Å²) in [6, 6.07) is 3.43. The summed E-state index contributed by atoms with van der Waals surface area (Å²) < 4.78 is 17.1. The molecule has 5 fully saturated rings. The molecule has 0 N–H and O–H groups in total. The van der Waals surface area contributed by atoms with Crippen LogP contribution in [0.2, 0.25) is 0 Å². The van der Waals surface area contributed by atoms with Gasteiger partial charge in [0.15, 0.2) is 18.6 Å². The molecule has 0 amide bonds. The van der Waals surface area contributed by atoms with E-state index in [-0.39, 0.29) is 82.0 Å². The normalized spacial score (nSPS) is 37.3. The van der Waals surface area contributed by atoms with Gasteiger partial charge in [-0.25, -0.2) is 14.2 Å². The molecule has 60 heavy (non-hydrogen) atoms. The van der Waals surface area contributed by atoms with Crippen LogP contribution in [0.15, 0.2) is 48.5 Å². The zero-order valence-corrected chi connectivity index (χ0v) is 40.9. The number of pyridine rings is 1. The van der Waals surface area contributed by atoms with Gasteiger partial charge in [-0.05, 0) is 117 Å². The molecule has 0 radical (unpaired) electrons. The molecule has 10 heteroatoms. The van der Waals surface area contributed by atoms with Gasteiger partial charge in [-0.15, -0.1) is 24.8 Å². The predicted octanol–water partition coefficient (Wildman–Crippen LogP) is 9.88. The largest absolute Gasteiger partial charge is 0.460 e. The van der Waals surface area contributed by atoms with E-state index in [2.05, 4.69) is 101 Å². The van der Waals surface area contributed by atoms with Crippen molar-refractivity contribution >= 4 is 48.7 Å². The highest BCUT2D eigenvalue weighted by atomic mass is 35.5. The van der Waals surface area contributed by atoms with Crippen molar-refractivity contribution in [3.8, 4) is 0 Å². The Morgan fingerprint density at radius 3 is 2.10 bits per heavy atom. The van der Waals surface area contributed by atoms with E-state index in [0.717, 1.165) is 50.8 Å². The number of rotatable bonds is 10. The van der Waals surface area contributed by atoms with Crippen LogP contribution in [-0.2, 0) is 19.1 Å². The maximum atomic E-state index is 13.8. The van der Waals surface area contributed by atoms with Crippen molar-refractivity contribution in [1.82, 2.24) is 4.90 Å². The number of hydrogen-bond acceptors (Lipinski definition) is 6. The van der Waals surface area contributed by atoms with Crippen molar-refractivity contribution in [2.45, 2.75) is 144 Å². The van der Waals surface area contributed by atoms with Crippen LogP contribution in [0.4, 0.5) is 5.69 Å². The quantitative estimate of drug-likeness (QED) is 0.133. The molecule has 7 rings (SSSR count). The molecule has 6 unspecified atom stereocenters. The van der Waals surface area contributed by atoms with Crippen molar-refractivity contribution in [3.05, 3.63) is 48.5 Å². The van der Waals surface area contributed by atoms with E-state index in [0.29, 0.717) is 36.2 Å². The summed E-state index contributed by atoms with van der Waals surface area (Å²) in [6.45, 7) is 25.0. The van der Waals surface area contributed by atoms with E-state index in [1.54, 1.807) is 0 Å². The van der Waals surface area contributed by atoms with Gasteiger partial charge in [0.1, 0.15) is 12.6 Å². The fourth-order valence-electron chi connectivity index (χ4n) is 14.8. The van der Waals surface area contributed by atoms with E-state index < -0.39 is 0 Å². The number of hydrogen-bond donors (Lipinski definition) is 0. The molecule has 0 spiro atoms. The van der Waals surface area contributed by atoms with E-state index in [9.17, 15) is 9.59 Å². The Labute approximate surface area is 375 Å². The van der Waals surface area contributed by atoms with E-state index in [1.807, 2.05) is 44.9 Å². The second-order valence-electron chi connectivity index (χ2n) is 21.9. The van der Waals surface area contributed by atoms with Crippen molar-refractivity contribution in [2.24, 2.45) is 56.7 Å². The minimum Gasteiger partial charge on any atom is -0.460 e. The number of aromatic nitrogens is 1. The van der Waals surface area contributed by atoms with Crippen molar-refractivity contribution in [1.29, 1.82) is 0 Å². The summed E-state index contributed by atoms with van der Waals surface area (Å²) in [7, 11) is 8.22. The standard InChI is InChI=1S/C50H78N4O4.2ClH/c1-33(2)38-16-25-50(32-57-44(55)34(3)53-28-19-36(20-29-53)51(10)11)27-26-48(8)39(43(38)50)14-15-41-47(7)23-18-42(46(5,6)40(47)17-24-49(41,48)9)58-45(56)35(4)54-30-21-37(22-31-54)52(12)13;;/h19,21-22,28,30-31,34-35,38-43H,1,14-18,20,23-27,29,32H2,2-13H3;2*1H/q+2;;/t34?,35?,38-,39?,40?,41?,42-,43?,47-,48+,49+,50+;;/m0../s1. The van der Waals surface area contributed by atoms with Gasteiger partial charge < -0.3 is 19.3 Å². The minimum absolute atomic E-state index is 0. The molecule has 336 valence electrons. The SMILES string of the molecule is C=C(C)[C@@H]1CC[C@]2(COC(=O)C(C)[N+]3=CC=C(N(C)C)CC3)CC[C@]3(C)C(CCC4[C@@]5(C)CC[C@H](OC(=O)C(C)[n+]6ccc(N(C)C)cc6)C(C)(C)C5CC[C@]43C)C12.Cl.Cl. The Morgan fingerprint density at radius 1 is 0.817 bits per heavy atom. The van der Waals surface area contributed by atoms with Gasteiger partial charge in [-0.3, -0.25) is 0 Å². The molecule has 1 aromatic heterocycles. The highest BCUT2D eigenvalue weighted by Gasteiger charge is 2.71. The lowest BCUT2D eigenvalue weighted by Crippen LogP contribution is -2.67. The molecule has 2 heterocycles. The number of carbonyl (C=O) groups is 2. The Hall–Kier alpha value is -2.58. The first kappa shape index (κ1) is 48.5. The molecule has 1 aromatic rings. The lowest BCUT2D eigenvalue weighted by atomic mass is 9.32. The van der Waals surface area contributed by atoms with Crippen molar-refractivity contribution < 1.29 is 28.2 Å². The molecule has 0 saturated heterocycles. The fraction of sp³-hybridized carbons (Fsp3) is 0.760. The second kappa shape index (κ2) is 17.5. The highest BCUT2D eigenvalue weighted by molar-refractivity contribution is 5.85. The maximum absolute atomic E-state index is 13.8. The van der Waals surface area contributed by atoms with Crippen LogP contribution < -0.4 is 9.47 Å². The van der Waals surface area contributed by atoms with Crippen LogP contribution in [0.3, 0.4) is 0 Å². The average molecular weight is 872 g/mol. The highest BCUT2D eigenvalue weighted by Crippen LogP contribution is 2.77. The van der Waals surface area contributed by atoms with E-state index >= 15 is 0 Å². The van der Waals surface area contributed by atoms with Crippen LogP contribution in [0.5, 0.6) is 0 Å². The van der Waals surface area contributed by atoms with Crippen molar-refractivity contribution in [3.63, 3.8) is 0 Å². The average Bonchev–Trinajstić information content (AvgIpc) is 3.58. The zero-order chi connectivity index (χ0) is 42.2. The Balaban J connectivity index is 0.00000341. The molecule has 5 saturated carbocycles. The molecule has 8 nitrogen and oxygen atoms in total. The summed E-state index contributed by atoms with van der Waals surface area (Å²) in [5.41, 5.74) is 4.23. The smallest absolute Gasteiger partial charge is 0.375 e. The molecule has 0 aromatic carbocycles. The third kappa shape index (κ3) is 7.87. The first-order valence-electron chi connectivity index (χ1n) is 22.9. The van der Waals surface area contributed by atoms with Crippen LogP contribution in [0.25, 0.3) is 0 Å². The molecule has 1 aliphatic heterocycles. The minimum atomic E-state index is -0.378. The third-order valence-corrected chi connectivity index (χ3v) is 18.6. The molecular weight excluding hydrogens is 791 g/mol. The van der Waals surface area contributed by atoms with Gasteiger partial charge in [0.25, 0.3) is 6.04 Å². The Kier molecular flexibility index (Phi) is 14.2. The van der Waals surface area contributed by atoms with Gasteiger partial charge in [0.2, 0.25) is 6.04 Å². The summed E-state index contributed by atoms with van der Waals surface area (Å²) in [5.74, 6) is 2.46. The number of allylic oxidation sites excluding steroid dienone is 2. The van der Waals surface area contributed by atoms with E-state index in [4.69, 9.17) is 9.47 Å². The monoisotopic (exact) mass is 871 g/mol. The van der Waals surface area contributed by atoms with Crippen molar-refractivity contribution in [2.75, 3.05) is 46.2 Å². The second-order valence-corrected chi connectivity index (χ2v) is 21.9. The third-order valence-electron chi connectivity index (χ3n) is 18.6. The molecule has 6 aliphatic rings. The van der Waals surface area contributed by atoms with Gasteiger partial charge in [-0.1, -0.05) is 46.8 Å².